The van der Waals surface area contributed by atoms with Crippen molar-refractivity contribution in [3.8, 4) is 11.5 Å². The molecular formula is C12H17NO2. The van der Waals surface area contributed by atoms with Gasteiger partial charge in [-0.05, 0) is 43.0 Å². The summed E-state index contributed by atoms with van der Waals surface area (Å²) in [7, 11) is 1.59. The fraction of sp³-hybridized carbons (Fsp3) is 0.500. The molecule has 1 aromatic rings. The van der Waals surface area contributed by atoms with Gasteiger partial charge in [-0.3, -0.25) is 0 Å². The molecule has 1 aliphatic rings. The normalized spacial score (nSPS) is 20.5. The van der Waals surface area contributed by atoms with E-state index in [1.165, 1.54) is 5.56 Å². The summed E-state index contributed by atoms with van der Waals surface area (Å²) in [5.74, 6) is 1.39. The third-order valence-electron chi connectivity index (χ3n) is 3.04. The van der Waals surface area contributed by atoms with Crippen molar-refractivity contribution in [2.24, 2.45) is 0 Å². The molecule has 1 saturated heterocycles. The number of phenols is 1. The monoisotopic (exact) mass is 207 g/mol. The molecule has 1 fully saturated rings. The molecule has 1 atom stereocenters. The second-order valence-corrected chi connectivity index (χ2v) is 4.08. The topological polar surface area (TPSA) is 41.5 Å². The average Bonchev–Trinajstić information content (AvgIpc) is 2.75. The van der Waals surface area contributed by atoms with Crippen molar-refractivity contribution in [3.63, 3.8) is 0 Å². The molecule has 0 radical (unpaired) electrons. The van der Waals surface area contributed by atoms with Gasteiger partial charge in [-0.15, -0.1) is 0 Å². The quantitative estimate of drug-likeness (QED) is 0.776. The number of hydrogen-bond donors (Lipinski definition) is 2. The number of hydrogen-bond acceptors (Lipinski definition) is 3. The van der Waals surface area contributed by atoms with E-state index in [9.17, 15) is 5.11 Å². The van der Waals surface area contributed by atoms with Crippen LogP contribution in [0.4, 0.5) is 0 Å². The summed E-state index contributed by atoms with van der Waals surface area (Å²) in [6.45, 7) is 4.00. The predicted octanol–water partition coefficient (Wildman–Crippen LogP) is 1.79. The van der Waals surface area contributed by atoms with Gasteiger partial charge in [0.2, 0.25) is 0 Å². The first kappa shape index (κ1) is 10.3. The Labute approximate surface area is 90.1 Å². The summed E-state index contributed by atoms with van der Waals surface area (Å²) >= 11 is 0. The highest BCUT2D eigenvalue weighted by atomic mass is 16.5. The van der Waals surface area contributed by atoms with E-state index in [1.54, 1.807) is 7.11 Å². The lowest BCUT2D eigenvalue weighted by Gasteiger charge is -2.13. The SMILES string of the molecule is COc1cc(C2CCNC2)cc(C)c1O. The minimum absolute atomic E-state index is 0.257. The minimum atomic E-state index is 0.257. The summed E-state index contributed by atoms with van der Waals surface area (Å²) in [4.78, 5) is 0. The van der Waals surface area contributed by atoms with Crippen LogP contribution >= 0.6 is 0 Å². The molecule has 0 amide bonds. The molecule has 3 heteroatoms. The first-order chi connectivity index (χ1) is 7.22. The van der Waals surface area contributed by atoms with Gasteiger partial charge in [0.05, 0.1) is 7.11 Å². The number of methoxy groups -OCH3 is 1. The maximum absolute atomic E-state index is 9.72. The fourth-order valence-corrected chi connectivity index (χ4v) is 2.10. The highest BCUT2D eigenvalue weighted by Gasteiger charge is 2.19. The molecule has 0 spiro atoms. The predicted molar refractivity (Wildman–Crippen MR) is 59.6 cm³/mol. The molecule has 0 saturated carbocycles. The van der Waals surface area contributed by atoms with Crippen LogP contribution in [-0.2, 0) is 0 Å². The molecule has 0 aliphatic carbocycles. The molecule has 1 aromatic carbocycles. The molecule has 1 heterocycles. The van der Waals surface area contributed by atoms with Crippen molar-refractivity contribution in [1.29, 1.82) is 0 Å². The second-order valence-electron chi connectivity index (χ2n) is 4.08. The Morgan fingerprint density at radius 1 is 1.47 bits per heavy atom. The lowest BCUT2D eigenvalue weighted by molar-refractivity contribution is 0.371. The molecule has 82 valence electrons. The van der Waals surface area contributed by atoms with Gasteiger partial charge in [0.1, 0.15) is 0 Å². The third-order valence-corrected chi connectivity index (χ3v) is 3.04. The van der Waals surface area contributed by atoms with Crippen LogP contribution in [0, 0.1) is 6.92 Å². The van der Waals surface area contributed by atoms with Crippen LogP contribution in [0.1, 0.15) is 23.5 Å². The summed E-state index contributed by atoms with van der Waals surface area (Å²) < 4.78 is 5.16. The van der Waals surface area contributed by atoms with E-state index in [4.69, 9.17) is 4.74 Å². The molecule has 0 bridgehead atoms. The number of aryl methyl sites for hydroxylation is 1. The van der Waals surface area contributed by atoms with Gasteiger partial charge in [-0.2, -0.15) is 0 Å². The largest absolute Gasteiger partial charge is 0.504 e. The van der Waals surface area contributed by atoms with Crippen LogP contribution in [0.5, 0.6) is 11.5 Å². The second kappa shape index (κ2) is 4.11. The van der Waals surface area contributed by atoms with Crippen molar-refractivity contribution in [2.45, 2.75) is 19.3 Å². The molecule has 2 rings (SSSR count). The molecule has 3 nitrogen and oxygen atoms in total. The molecule has 1 aliphatic heterocycles. The van der Waals surface area contributed by atoms with Crippen molar-refractivity contribution in [3.05, 3.63) is 23.3 Å². The van der Waals surface area contributed by atoms with Gasteiger partial charge in [0.15, 0.2) is 11.5 Å². The zero-order valence-corrected chi connectivity index (χ0v) is 9.21. The van der Waals surface area contributed by atoms with Crippen LogP contribution in [0.2, 0.25) is 0 Å². The number of aromatic hydroxyl groups is 1. The van der Waals surface area contributed by atoms with Crippen LogP contribution in [0.3, 0.4) is 0 Å². The number of benzene rings is 1. The van der Waals surface area contributed by atoms with E-state index in [1.807, 2.05) is 13.0 Å². The Kier molecular flexibility index (Phi) is 2.82. The molecule has 1 unspecified atom stereocenters. The molecule has 15 heavy (non-hydrogen) atoms. The van der Waals surface area contributed by atoms with E-state index >= 15 is 0 Å². The van der Waals surface area contributed by atoms with E-state index in [2.05, 4.69) is 11.4 Å². The van der Waals surface area contributed by atoms with Crippen LogP contribution in [0.15, 0.2) is 12.1 Å². The standard InChI is InChI=1S/C12H17NO2/c1-8-5-10(9-3-4-13-7-9)6-11(15-2)12(8)14/h5-6,9,13-14H,3-4,7H2,1-2H3. The van der Waals surface area contributed by atoms with E-state index < -0.39 is 0 Å². The van der Waals surface area contributed by atoms with Crippen molar-refractivity contribution < 1.29 is 9.84 Å². The third kappa shape index (κ3) is 1.92. The van der Waals surface area contributed by atoms with Gasteiger partial charge < -0.3 is 15.2 Å². The van der Waals surface area contributed by atoms with Gasteiger partial charge in [0, 0.05) is 6.54 Å². The maximum atomic E-state index is 9.72. The number of phenolic OH excluding ortho intramolecular Hbond substituents is 1. The van der Waals surface area contributed by atoms with Crippen molar-refractivity contribution >= 4 is 0 Å². The Morgan fingerprint density at radius 3 is 2.87 bits per heavy atom. The Hall–Kier alpha value is -1.22. The zero-order valence-electron chi connectivity index (χ0n) is 9.21. The summed E-state index contributed by atoms with van der Waals surface area (Å²) in [6.07, 6.45) is 1.16. The van der Waals surface area contributed by atoms with Gasteiger partial charge in [0.25, 0.3) is 0 Å². The van der Waals surface area contributed by atoms with E-state index in [-0.39, 0.29) is 5.75 Å². The Bertz CT molecular complexity index is 357. The Balaban J connectivity index is 2.35. The van der Waals surface area contributed by atoms with Crippen LogP contribution in [0.25, 0.3) is 0 Å². The van der Waals surface area contributed by atoms with Crippen LogP contribution < -0.4 is 10.1 Å². The zero-order chi connectivity index (χ0) is 10.8. The van der Waals surface area contributed by atoms with Gasteiger partial charge in [-0.1, -0.05) is 6.07 Å². The van der Waals surface area contributed by atoms with Gasteiger partial charge in [-0.25, -0.2) is 0 Å². The van der Waals surface area contributed by atoms with E-state index in [0.29, 0.717) is 11.7 Å². The summed E-state index contributed by atoms with van der Waals surface area (Å²) in [5, 5.41) is 13.1. The lowest BCUT2D eigenvalue weighted by Crippen LogP contribution is -2.08. The fourth-order valence-electron chi connectivity index (χ4n) is 2.10. The van der Waals surface area contributed by atoms with Crippen LogP contribution in [-0.4, -0.2) is 25.3 Å². The minimum Gasteiger partial charge on any atom is -0.504 e. The van der Waals surface area contributed by atoms with E-state index in [0.717, 1.165) is 25.1 Å². The average molecular weight is 207 g/mol. The number of rotatable bonds is 2. The van der Waals surface area contributed by atoms with Crippen molar-refractivity contribution in [1.82, 2.24) is 5.32 Å². The number of ether oxygens (including phenoxy) is 1. The highest BCUT2D eigenvalue weighted by Crippen LogP contribution is 2.34. The Morgan fingerprint density at radius 2 is 2.27 bits per heavy atom. The summed E-state index contributed by atoms with van der Waals surface area (Å²) in [5.41, 5.74) is 2.14. The summed E-state index contributed by atoms with van der Waals surface area (Å²) in [6, 6.07) is 4.00. The first-order valence-corrected chi connectivity index (χ1v) is 5.30. The van der Waals surface area contributed by atoms with Crippen molar-refractivity contribution in [2.75, 3.05) is 20.2 Å². The molecule has 0 aromatic heterocycles. The lowest BCUT2D eigenvalue weighted by atomic mass is 9.96. The van der Waals surface area contributed by atoms with Gasteiger partial charge >= 0.3 is 0 Å². The molecule has 2 N–H and O–H groups in total. The smallest absolute Gasteiger partial charge is 0.161 e. The number of nitrogens with one attached hydrogen (secondary N) is 1. The first-order valence-electron chi connectivity index (χ1n) is 5.30. The highest BCUT2D eigenvalue weighted by molar-refractivity contribution is 5.48. The maximum Gasteiger partial charge on any atom is 0.161 e. The molecular weight excluding hydrogens is 190 g/mol.